The molecule has 30 heavy (non-hydrogen) atoms. The van der Waals surface area contributed by atoms with Crippen LogP contribution in [0.1, 0.15) is 17.4 Å². The Kier molecular flexibility index (Phi) is 7.16. The highest BCUT2D eigenvalue weighted by atomic mass is 32.2. The van der Waals surface area contributed by atoms with Gasteiger partial charge in [-0.25, -0.2) is 9.97 Å². The van der Waals surface area contributed by atoms with Crippen molar-refractivity contribution < 1.29 is 5.11 Å². The molecule has 6 nitrogen and oxygen atoms in total. The first kappa shape index (κ1) is 21.0. The third-order valence-electron chi connectivity index (χ3n) is 4.24. The number of nitrogens with zero attached hydrogens (tertiary/aromatic N) is 3. The van der Waals surface area contributed by atoms with Gasteiger partial charge in [-0.05, 0) is 30.4 Å². The molecule has 1 unspecified atom stereocenters. The molecule has 0 saturated carbocycles. The highest BCUT2D eigenvalue weighted by molar-refractivity contribution is 7.98. The smallest absolute Gasteiger partial charge is 0.191 e. The van der Waals surface area contributed by atoms with Crippen molar-refractivity contribution in [2.24, 2.45) is 0 Å². The van der Waals surface area contributed by atoms with Gasteiger partial charge in [0.1, 0.15) is 4.70 Å². The number of benzene rings is 1. The van der Waals surface area contributed by atoms with Gasteiger partial charge in [0.15, 0.2) is 21.8 Å². The van der Waals surface area contributed by atoms with Gasteiger partial charge in [-0.3, -0.25) is 0 Å². The van der Waals surface area contributed by atoms with Crippen LogP contribution in [0.5, 0.6) is 0 Å². The molecule has 3 N–H and O–H groups in total. The molecule has 156 valence electrons. The van der Waals surface area contributed by atoms with E-state index in [0.29, 0.717) is 17.3 Å². The number of aliphatic hydroxyl groups excluding tert-OH is 1. The average molecular weight is 458 g/mol. The number of hydrogen-bond acceptors (Lipinski definition) is 9. The monoisotopic (exact) mass is 457 g/mol. The van der Waals surface area contributed by atoms with Gasteiger partial charge in [0, 0.05) is 23.7 Å². The van der Waals surface area contributed by atoms with Crippen molar-refractivity contribution in [3.63, 3.8) is 0 Å². The second-order valence-corrected chi connectivity index (χ2v) is 9.76. The van der Waals surface area contributed by atoms with Crippen LogP contribution in [0.4, 0.5) is 10.9 Å². The molecule has 0 radical (unpaired) electrons. The molecule has 3 heterocycles. The maximum Gasteiger partial charge on any atom is 0.191 e. The molecule has 0 amide bonds. The van der Waals surface area contributed by atoms with E-state index in [0.717, 1.165) is 34.4 Å². The standard InChI is InChI=1S/C21H23N5OS3/c1-14(27)12-23-18-17-19(25-20(30-17)22-10-9-16-8-5-11-28-16)26-21(24-18)29-13-15-6-3-2-4-7-15/h2-8,11,14,27H,9-10,12-13H2,1H3,(H2,22,23,24,25,26). The third-order valence-corrected chi connectivity index (χ3v) is 7.10. The van der Waals surface area contributed by atoms with E-state index < -0.39 is 6.10 Å². The Morgan fingerprint density at radius 2 is 1.93 bits per heavy atom. The van der Waals surface area contributed by atoms with Crippen LogP contribution in [0.2, 0.25) is 0 Å². The Hall–Kier alpha value is -2.20. The molecular weight excluding hydrogens is 434 g/mol. The number of thioether (sulfide) groups is 1. The summed E-state index contributed by atoms with van der Waals surface area (Å²) in [6, 6.07) is 14.5. The maximum atomic E-state index is 9.68. The predicted molar refractivity (Wildman–Crippen MR) is 128 cm³/mol. The van der Waals surface area contributed by atoms with Gasteiger partial charge in [-0.1, -0.05) is 59.5 Å². The van der Waals surface area contributed by atoms with Crippen LogP contribution in [0.15, 0.2) is 53.0 Å². The first-order chi connectivity index (χ1) is 14.7. The van der Waals surface area contributed by atoms with Crippen molar-refractivity contribution in [2.45, 2.75) is 30.4 Å². The van der Waals surface area contributed by atoms with Gasteiger partial charge < -0.3 is 15.7 Å². The molecule has 0 fully saturated rings. The quantitative estimate of drug-likeness (QED) is 0.231. The Bertz CT molecular complexity index is 1070. The van der Waals surface area contributed by atoms with Crippen molar-refractivity contribution >= 4 is 55.7 Å². The Morgan fingerprint density at radius 1 is 1.07 bits per heavy atom. The Balaban J connectivity index is 1.51. The summed E-state index contributed by atoms with van der Waals surface area (Å²) in [5.41, 5.74) is 1.90. The van der Waals surface area contributed by atoms with Crippen LogP contribution in [-0.4, -0.2) is 39.3 Å². The summed E-state index contributed by atoms with van der Waals surface area (Å²) in [6.45, 7) is 2.99. The van der Waals surface area contributed by atoms with Crippen molar-refractivity contribution in [1.82, 2.24) is 15.0 Å². The Labute approximate surface area is 187 Å². The van der Waals surface area contributed by atoms with Crippen molar-refractivity contribution in [3.05, 3.63) is 58.3 Å². The number of hydrogen-bond donors (Lipinski definition) is 3. The van der Waals surface area contributed by atoms with E-state index >= 15 is 0 Å². The lowest BCUT2D eigenvalue weighted by Gasteiger charge is -2.09. The van der Waals surface area contributed by atoms with Crippen LogP contribution >= 0.6 is 34.4 Å². The zero-order chi connectivity index (χ0) is 20.8. The highest BCUT2D eigenvalue weighted by Crippen LogP contribution is 2.32. The molecule has 9 heteroatoms. The van der Waals surface area contributed by atoms with Gasteiger partial charge in [0.05, 0.1) is 6.10 Å². The normalized spacial score (nSPS) is 12.2. The minimum atomic E-state index is -0.466. The molecule has 0 aliphatic carbocycles. The van der Waals surface area contributed by atoms with Crippen LogP contribution in [0.25, 0.3) is 10.3 Å². The van der Waals surface area contributed by atoms with Crippen LogP contribution in [0.3, 0.4) is 0 Å². The lowest BCUT2D eigenvalue weighted by atomic mass is 10.2. The summed E-state index contributed by atoms with van der Waals surface area (Å²) in [4.78, 5) is 15.4. The lowest BCUT2D eigenvalue weighted by molar-refractivity contribution is 0.208. The maximum absolute atomic E-state index is 9.68. The molecule has 4 rings (SSSR count). The first-order valence-electron chi connectivity index (χ1n) is 9.71. The number of fused-ring (bicyclic) bond motifs is 1. The van der Waals surface area contributed by atoms with Gasteiger partial charge in [0.25, 0.3) is 0 Å². The van der Waals surface area contributed by atoms with Crippen LogP contribution in [0, 0.1) is 0 Å². The molecule has 4 aromatic rings. The summed E-state index contributed by atoms with van der Waals surface area (Å²) in [5.74, 6) is 1.51. The molecule has 0 spiro atoms. The fraction of sp³-hybridized carbons (Fsp3) is 0.286. The summed E-state index contributed by atoms with van der Waals surface area (Å²) in [6.07, 6.45) is 0.497. The minimum Gasteiger partial charge on any atom is -0.392 e. The second kappa shape index (κ2) is 10.2. The molecule has 1 aromatic carbocycles. The molecule has 0 bridgehead atoms. The SMILES string of the molecule is CC(O)CNc1nc(SCc2ccccc2)nc2nc(NCCc3cccs3)sc12. The number of anilines is 2. The van der Waals surface area contributed by atoms with Crippen molar-refractivity contribution in [1.29, 1.82) is 0 Å². The van der Waals surface area contributed by atoms with E-state index in [1.165, 1.54) is 21.8 Å². The number of aliphatic hydroxyl groups is 1. The van der Waals surface area contributed by atoms with Gasteiger partial charge in [-0.15, -0.1) is 11.3 Å². The summed E-state index contributed by atoms with van der Waals surface area (Å²) < 4.78 is 0.901. The van der Waals surface area contributed by atoms with E-state index in [9.17, 15) is 5.11 Å². The van der Waals surface area contributed by atoms with Gasteiger partial charge in [0.2, 0.25) is 0 Å². The average Bonchev–Trinajstić information content (AvgIpc) is 3.41. The van der Waals surface area contributed by atoms with E-state index in [2.05, 4.69) is 50.2 Å². The Morgan fingerprint density at radius 3 is 2.70 bits per heavy atom. The van der Waals surface area contributed by atoms with Gasteiger partial charge >= 0.3 is 0 Å². The molecular formula is C21H23N5OS3. The minimum absolute atomic E-state index is 0.425. The largest absolute Gasteiger partial charge is 0.392 e. The second-order valence-electron chi connectivity index (χ2n) is 6.79. The number of thiophene rings is 1. The van der Waals surface area contributed by atoms with Crippen LogP contribution < -0.4 is 10.6 Å². The summed E-state index contributed by atoms with van der Waals surface area (Å²) in [7, 11) is 0. The number of nitrogens with one attached hydrogen (secondary N) is 2. The lowest BCUT2D eigenvalue weighted by Crippen LogP contribution is -2.16. The molecule has 1 atom stereocenters. The first-order valence-corrected chi connectivity index (χ1v) is 12.4. The zero-order valence-electron chi connectivity index (χ0n) is 16.5. The van der Waals surface area contributed by atoms with Crippen molar-refractivity contribution in [3.8, 4) is 0 Å². The van der Waals surface area contributed by atoms with Crippen molar-refractivity contribution in [2.75, 3.05) is 23.7 Å². The number of rotatable bonds is 10. The van der Waals surface area contributed by atoms with E-state index in [4.69, 9.17) is 4.98 Å². The fourth-order valence-corrected chi connectivity index (χ4v) is 5.18. The topological polar surface area (TPSA) is 83.0 Å². The fourth-order valence-electron chi connectivity index (χ4n) is 2.78. The molecule has 3 aromatic heterocycles. The molecule has 0 saturated heterocycles. The molecule has 0 aliphatic heterocycles. The number of aromatic nitrogens is 3. The molecule has 0 aliphatic rings. The van der Waals surface area contributed by atoms with E-state index in [1.807, 2.05) is 18.2 Å². The zero-order valence-corrected chi connectivity index (χ0v) is 19.0. The highest BCUT2D eigenvalue weighted by Gasteiger charge is 2.14. The summed E-state index contributed by atoms with van der Waals surface area (Å²) in [5, 5.41) is 19.9. The van der Waals surface area contributed by atoms with Crippen LogP contribution in [-0.2, 0) is 12.2 Å². The number of thiazole rings is 1. The summed E-state index contributed by atoms with van der Waals surface area (Å²) >= 11 is 4.89. The van der Waals surface area contributed by atoms with Gasteiger partial charge in [-0.2, -0.15) is 4.98 Å². The predicted octanol–water partition coefficient (Wildman–Crippen LogP) is 4.89. The third kappa shape index (κ3) is 5.69. The van der Waals surface area contributed by atoms with E-state index in [-0.39, 0.29) is 0 Å². The van der Waals surface area contributed by atoms with E-state index in [1.54, 1.807) is 30.0 Å².